The van der Waals surface area contributed by atoms with Gasteiger partial charge in [0.05, 0.1) is 0 Å². The molecule has 0 aromatic carbocycles. The third-order valence-corrected chi connectivity index (χ3v) is 0.972. The zero-order valence-corrected chi connectivity index (χ0v) is 6.44. The fourth-order valence-corrected chi connectivity index (χ4v) is 0.481. The third kappa shape index (κ3) is 6.43. The molecule has 0 bridgehead atoms. The number of hydrogen-bond donors (Lipinski definition) is 0. The lowest BCUT2D eigenvalue weighted by atomic mass is 10.6. The predicted octanol–water partition coefficient (Wildman–Crippen LogP) is 1.74. The monoisotopic (exact) mass is 230 g/mol. The standard InChI is InChI=1S/C4H4ClIO/c5-4(7)2-1-3-6/h1-2H,3H2. The SMILES string of the molecule is O=C(Cl)C=CCI. The number of carbonyl (C=O) groups excluding carboxylic acids is 1. The van der Waals surface area contributed by atoms with Crippen LogP contribution in [0.15, 0.2) is 12.2 Å². The summed E-state index contributed by atoms with van der Waals surface area (Å²) >= 11 is 7.05. The molecule has 0 radical (unpaired) electrons. The smallest absolute Gasteiger partial charge is 0.244 e. The van der Waals surface area contributed by atoms with E-state index in [1.165, 1.54) is 6.08 Å². The fourth-order valence-electron chi connectivity index (χ4n) is 0.137. The minimum Gasteiger partial charge on any atom is -0.276 e. The van der Waals surface area contributed by atoms with Crippen molar-refractivity contribution in [1.82, 2.24) is 0 Å². The minimum absolute atomic E-state index is 0.406. The van der Waals surface area contributed by atoms with Crippen molar-refractivity contribution < 1.29 is 4.79 Å². The maximum absolute atomic E-state index is 9.88. The molecule has 0 amide bonds. The lowest BCUT2D eigenvalue weighted by Crippen LogP contribution is -1.73. The van der Waals surface area contributed by atoms with Gasteiger partial charge in [0.2, 0.25) is 5.24 Å². The number of hydrogen-bond acceptors (Lipinski definition) is 1. The highest BCUT2D eigenvalue weighted by molar-refractivity contribution is 14.1. The fraction of sp³-hybridized carbons (Fsp3) is 0.250. The Hall–Kier alpha value is 0.430. The zero-order chi connectivity index (χ0) is 5.70. The Morgan fingerprint density at radius 1 is 1.86 bits per heavy atom. The highest BCUT2D eigenvalue weighted by atomic mass is 127. The quantitative estimate of drug-likeness (QED) is 0.306. The van der Waals surface area contributed by atoms with Crippen molar-refractivity contribution in [3.05, 3.63) is 12.2 Å². The summed E-state index contributed by atoms with van der Waals surface area (Å²) in [6, 6.07) is 0. The number of allylic oxidation sites excluding steroid dienone is 2. The Morgan fingerprint density at radius 2 is 2.43 bits per heavy atom. The molecule has 0 unspecified atom stereocenters. The minimum atomic E-state index is -0.406. The van der Waals surface area contributed by atoms with Crippen LogP contribution in [-0.4, -0.2) is 9.67 Å². The Balaban J connectivity index is 3.26. The van der Waals surface area contributed by atoms with Crippen molar-refractivity contribution in [2.24, 2.45) is 0 Å². The van der Waals surface area contributed by atoms with Gasteiger partial charge in [0.25, 0.3) is 0 Å². The molecule has 0 saturated heterocycles. The Bertz CT molecular complexity index is 89.7. The molecule has 3 heteroatoms. The molecule has 0 spiro atoms. The normalized spacial score (nSPS) is 10.0. The van der Waals surface area contributed by atoms with E-state index < -0.39 is 5.24 Å². The molecule has 0 aromatic rings. The maximum atomic E-state index is 9.88. The lowest BCUT2D eigenvalue weighted by molar-refractivity contribution is -0.107. The molecule has 0 aliphatic heterocycles. The van der Waals surface area contributed by atoms with Crippen LogP contribution in [0.25, 0.3) is 0 Å². The Kier molecular flexibility index (Phi) is 4.87. The van der Waals surface area contributed by atoms with Crippen LogP contribution in [0.2, 0.25) is 0 Å². The molecule has 0 atom stereocenters. The highest BCUT2D eigenvalue weighted by Gasteiger charge is 1.79. The lowest BCUT2D eigenvalue weighted by Gasteiger charge is -1.70. The van der Waals surface area contributed by atoms with Crippen molar-refractivity contribution in [1.29, 1.82) is 0 Å². The van der Waals surface area contributed by atoms with Gasteiger partial charge in [-0.15, -0.1) is 0 Å². The average molecular weight is 230 g/mol. The predicted molar refractivity (Wildman–Crippen MR) is 38.9 cm³/mol. The summed E-state index contributed by atoms with van der Waals surface area (Å²) in [6.07, 6.45) is 3.05. The molecular weight excluding hydrogens is 226 g/mol. The number of rotatable bonds is 2. The molecular formula is C4H4ClIO. The highest BCUT2D eigenvalue weighted by Crippen LogP contribution is 1.85. The summed E-state index contributed by atoms with van der Waals surface area (Å²) in [5.41, 5.74) is 0. The first kappa shape index (κ1) is 7.43. The van der Waals surface area contributed by atoms with E-state index in [1.54, 1.807) is 6.08 Å². The second kappa shape index (κ2) is 4.59. The van der Waals surface area contributed by atoms with Gasteiger partial charge in [0.1, 0.15) is 0 Å². The molecule has 0 saturated carbocycles. The summed E-state index contributed by atoms with van der Waals surface area (Å²) in [7, 11) is 0. The first-order chi connectivity index (χ1) is 3.27. The molecule has 0 aliphatic rings. The molecule has 0 aromatic heterocycles. The second-order valence-corrected chi connectivity index (χ2v) is 2.11. The summed E-state index contributed by atoms with van der Waals surface area (Å²) in [4.78, 5) is 9.88. The van der Waals surface area contributed by atoms with E-state index in [0.29, 0.717) is 0 Å². The van der Waals surface area contributed by atoms with Crippen molar-refractivity contribution in [3.63, 3.8) is 0 Å². The van der Waals surface area contributed by atoms with Crippen LogP contribution in [0.4, 0.5) is 0 Å². The van der Waals surface area contributed by atoms with Gasteiger partial charge >= 0.3 is 0 Å². The van der Waals surface area contributed by atoms with Gasteiger partial charge < -0.3 is 0 Å². The van der Waals surface area contributed by atoms with E-state index in [4.69, 9.17) is 11.6 Å². The van der Waals surface area contributed by atoms with Gasteiger partial charge in [-0.05, 0) is 17.7 Å². The van der Waals surface area contributed by atoms with E-state index in [2.05, 4.69) is 22.6 Å². The van der Waals surface area contributed by atoms with Crippen LogP contribution in [0, 0.1) is 0 Å². The topological polar surface area (TPSA) is 17.1 Å². The number of alkyl halides is 1. The molecule has 1 nitrogen and oxygen atoms in total. The van der Waals surface area contributed by atoms with Gasteiger partial charge in [-0.25, -0.2) is 0 Å². The maximum Gasteiger partial charge on any atom is 0.244 e. The van der Waals surface area contributed by atoms with Gasteiger partial charge in [-0.2, -0.15) is 0 Å². The average Bonchev–Trinajstić information content (AvgIpc) is 1.61. The van der Waals surface area contributed by atoms with E-state index in [9.17, 15) is 4.79 Å². The van der Waals surface area contributed by atoms with Gasteiger partial charge in [0, 0.05) is 4.43 Å². The number of carbonyl (C=O) groups is 1. The van der Waals surface area contributed by atoms with E-state index in [0.717, 1.165) is 4.43 Å². The van der Waals surface area contributed by atoms with Crippen LogP contribution < -0.4 is 0 Å². The van der Waals surface area contributed by atoms with Crippen LogP contribution >= 0.6 is 34.2 Å². The molecule has 0 aliphatic carbocycles. The molecule has 40 valence electrons. The summed E-state index contributed by atoms with van der Waals surface area (Å²) in [5, 5.41) is -0.406. The summed E-state index contributed by atoms with van der Waals surface area (Å²) in [5.74, 6) is 0. The van der Waals surface area contributed by atoms with E-state index >= 15 is 0 Å². The second-order valence-electron chi connectivity index (χ2n) is 0.861. The third-order valence-electron chi connectivity index (χ3n) is 0.338. The molecule has 7 heavy (non-hydrogen) atoms. The van der Waals surface area contributed by atoms with E-state index in [1.807, 2.05) is 0 Å². The van der Waals surface area contributed by atoms with Crippen LogP contribution in [-0.2, 0) is 4.79 Å². The van der Waals surface area contributed by atoms with Crippen LogP contribution in [0.3, 0.4) is 0 Å². The molecule has 0 N–H and O–H groups in total. The van der Waals surface area contributed by atoms with Crippen molar-refractivity contribution in [2.45, 2.75) is 0 Å². The van der Waals surface area contributed by atoms with Crippen molar-refractivity contribution in [3.8, 4) is 0 Å². The van der Waals surface area contributed by atoms with Crippen LogP contribution in [0.5, 0.6) is 0 Å². The molecule has 0 fully saturated rings. The van der Waals surface area contributed by atoms with Crippen LogP contribution in [0.1, 0.15) is 0 Å². The molecule has 0 rings (SSSR count). The Morgan fingerprint density at radius 3 is 2.57 bits per heavy atom. The largest absolute Gasteiger partial charge is 0.276 e. The van der Waals surface area contributed by atoms with Crippen molar-refractivity contribution >= 4 is 39.4 Å². The van der Waals surface area contributed by atoms with Gasteiger partial charge in [-0.1, -0.05) is 28.7 Å². The number of halogens is 2. The van der Waals surface area contributed by atoms with Crippen molar-refractivity contribution in [2.75, 3.05) is 4.43 Å². The van der Waals surface area contributed by atoms with Gasteiger partial charge in [0.15, 0.2) is 0 Å². The first-order valence-electron chi connectivity index (χ1n) is 1.69. The summed E-state index contributed by atoms with van der Waals surface area (Å²) < 4.78 is 0.830. The Labute approximate surface area is 60.9 Å². The molecule has 0 heterocycles. The zero-order valence-electron chi connectivity index (χ0n) is 3.53. The van der Waals surface area contributed by atoms with E-state index in [-0.39, 0.29) is 0 Å². The summed E-state index contributed by atoms with van der Waals surface area (Å²) in [6.45, 7) is 0. The first-order valence-corrected chi connectivity index (χ1v) is 3.59. The van der Waals surface area contributed by atoms with Gasteiger partial charge in [-0.3, -0.25) is 4.79 Å².